The molecule has 2 aliphatic heterocycles. The number of hydrogen-bond acceptors (Lipinski definition) is 3. The third kappa shape index (κ3) is 5.06. The van der Waals surface area contributed by atoms with E-state index < -0.39 is 5.97 Å². The van der Waals surface area contributed by atoms with Crippen molar-refractivity contribution < 1.29 is 139 Å². The van der Waals surface area contributed by atoms with Gasteiger partial charge in [0.15, 0.2) is 0 Å². The fourth-order valence-electron chi connectivity index (χ4n) is 1.81. The normalized spacial score (nSPS) is 26.3. The summed E-state index contributed by atoms with van der Waals surface area (Å²) in [6.07, 6.45) is 4.57. The van der Waals surface area contributed by atoms with Gasteiger partial charge in [0.2, 0.25) is 0 Å². The van der Waals surface area contributed by atoms with E-state index in [2.05, 4.69) is 11.0 Å². The Morgan fingerprint density at radius 1 is 1.60 bits per heavy atom. The zero-order chi connectivity index (χ0) is 8.01. The maximum Gasteiger partial charge on any atom is 1.00 e. The molecule has 0 spiro atoms. The third-order valence-corrected chi connectivity index (χ3v) is 2.64. The number of carboxylic acids is 1. The summed E-state index contributed by atoms with van der Waals surface area (Å²) < 4.78 is 0. The van der Waals surface area contributed by atoms with E-state index in [4.69, 9.17) is 0 Å². The van der Waals surface area contributed by atoms with E-state index in [-0.39, 0.29) is 135 Å². The molecule has 75 valence electrons. The molecule has 3 rings (SSSR count). The van der Waals surface area contributed by atoms with Crippen LogP contribution in [0.4, 0.5) is 0 Å². The molecule has 0 aromatic carbocycles. The largest absolute Gasteiger partial charge is 1.00 e. The van der Waals surface area contributed by atoms with Crippen LogP contribution in [0.2, 0.25) is 0 Å². The molecule has 0 amide bonds. The van der Waals surface area contributed by atoms with E-state index in [0.29, 0.717) is 11.6 Å². The molecule has 15 heavy (non-hydrogen) atoms. The Hall–Kier alpha value is 3.30. The molecule has 0 N–H and O–H groups in total. The van der Waals surface area contributed by atoms with Gasteiger partial charge in [0.25, 0.3) is 0 Å². The van der Waals surface area contributed by atoms with Crippen molar-refractivity contribution in [3.63, 3.8) is 0 Å². The maximum atomic E-state index is 10.5. The van der Waals surface area contributed by atoms with Crippen LogP contribution in [-0.2, 0) is 44.4 Å². The van der Waals surface area contributed by atoms with Crippen molar-refractivity contribution in [2.24, 2.45) is 0 Å². The molecule has 0 aromatic heterocycles. The second-order valence-corrected chi connectivity index (χ2v) is 3.15. The van der Waals surface area contributed by atoms with Gasteiger partial charge in [-0.3, -0.25) is 6.08 Å². The number of fused-ring (bicyclic) bond motifs is 1. The number of rotatable bonds is 1. The zero-order valence-electron chi connectivity index (χ0n) is 8.69. The molecule has 1 fully saturated rings. The first-order chi connectivity index (χ1) is 5.20. The van der Waals surface area contributed by atoms with Gasteiger partial charge in [0.1, 0.15) is 0 Å². The Bertz CT molecular complexity index is 255. The van der Waals surface area contributed by atoms with Gasteiger partial charge in [-0.05, 0) is 19.5 Å². The van der Waals surface area contributed by atoms with Crippen molar-refractivity contribution in [2.45, 2.75) is 24.9 Å². The molecule has 2 heterocycles. The van der Waals surface area contributed by atoms with Gasteiger partial charge in [-0.15, -0.1) is 5.97 Å². The van der Waals surface area contributed by atoms with Crippen molar-refractivity contribution >= 4 is 5.97 Å². The SMILES string of the molecule is CN1C2C[C-]=C(C(=O)[O-])C1C2.[Rb+].[U].[V].[W]. The van der Waals surface area contributed by atoms with Crippen molar-refractivity contribution in [1.82, 2.24) is 4.90 Å². The van der Waals surface area contributed by atoms with Gasteiger partial charge in [-0.2, -0.15) is 5.57 Å². The van der Waals surface area contributed by atoms with Gasteiger partial charge < -0.3 is 14.8 Å². The average molecular weight is 709 g/mol. The summed E-state index contributed by atoms with van der Waals surface area (Å²) in [7, 11) is 1.95. The molecule has 1 aliphatic carbocycles. The van der Waals surface area contributed by atoms with Crippen LogP contribution in [0.1, 0.15) is 12.8 Å². The predicted molar refractivity (Wildman–Crippen MR) is 36.3 cm³/mol. The van der Waals surface area contributed by atoms with Crippen LogP contribution in [0, 0.1) is 37.2 Å². The number of aliphatic carboxylic acids is 1. The second-order valence-electron chi connectivity index (χ2n) is 3.15. The molecule has 2 atom stereocenters. The minimum atomic E-state index is -1.06. The molecule has 2 unspecified atom stereocenters. The van der Waals surface area contributed by atoms with E-state index in [1.54, 1.807) is 0 Å². The molecule has 0 saturated carbocycles. The Kier molecular flexibility index (Phi) is 15.8. The molecular weight excluding hydrogens is 700 g/mol. The second kappa shape index (κ2) is 10.1. The molecule has 3 aliphatic rings. The summed E-state index contributed by atoms with van der Waals surface area (Å²) in [6.45, 7) is 0. The van der Waals surface area contributed by atoms with Crippen LogP contribution < -0.4 is 63.3 Å². The smallest absolute Gasteiger partial charge is 0.658 e. The minimum Gasteiger partial charge on any atom is -0.658 e. The molecule has 2 bridgehead atoms. The third-order valence-electron chi connectivity index (χ3n) is 2.64. The molecular formula is C8H9NO2RbUVW-. The Morgan fingerprint density at radius 2 is 2.13 bits per heavy atom. The van der Waals surface area contributed by atoms with Crippen molar-refractivity contribution in [2.75, 3.05) is 7.05 Å². The van der Waals surface area contributed by atoms with Gasteiger partial charge in [0, 0.05) is 76.8 Å². The van der Waals surface area contributed by atoms with Crippen LogP contribution in [0.25, 0.3) is 0 Å². The van der Waals surface area contributed by atoms with Crippen LogP contribution >= 0.6 is 0 Å². The van der Waals surface area contributed by atoms with E-state index in [9.17, 15) is 9.90 Å². The van der Waals surface area contributed by atoms with E-state index in [0.717, 1.165) is 12.8 Å². The number of carbonyl (C=O) groups is 1. The van der Waals surface area contributed by atoms with Crippen molar-refractivity contribution in [1.29, 1.82) is 0 Å². The van der Waals surface area contributed by atoms with Crippen LogP contribution in [0.5, 0.6) is 0 Å². The number of nitrogens with zero attached hydrogens (tertiary/aromatic N) is 1. The summed E-state index contributed by atoms with van der Waals surface area (Å²) in [5.41, 5.74) is 0.356. The average Bonchev–Trinajstić information content (AvgIpc) is 2.03. The van der Waals surface area contributed by atoms with Gasteiger partial charge in [-0.1, -0.05) is 6.42 Å². The van der Waals surface area contributed by atoms with Crippen LogP contribution in [-0.4, -0.2) is 30.0 Å². The Balaban J connectivity index is -0.000000360. The summed E-state index contributed by atoms with van der Waals surface area (Å²) in [6, 6.07) is 0.613. The summed E-state index contributed by atoms with van der Waals surface area (Å²) in [5.74, 6) is -1.06. The van der Waals surface area contributed by atoms with Crippen molar-refractivity contribution in [3.8, 4) is 0 Å². The number of carboxylic acid groups (broad SMARTS) is 1. The standard InChI is InChI=1S/C8H10NO2.Rb.U.V.W/c1-9-5-2-3-6(8(10)11)7(9)4-5;;;;/h5,7H,2,4H2,1H3,(H,10,11);;;;/q-1;+1;;;/p-1. The van der Waals surface area contributed by atoms with E-state index in [1.807, 2.05) is 7.05 Å². The fourth-order valence-corrected chi connectivity index (χ4v) is 1.81. The molecule has 7 heteroatoms. The zero-order valence-corrected chi connectivity index (χ0v) is 22.1. The van der Waals surface area contributed by atoms with E-state index in [1.165, 1.54) is 0 Å². The monoisotopic (exact) mass is 709 g/mol. The first-order valence-corrected chi connectivity index (χ1v) is 3.74. The Morgan fingerprint density at radius 3 is 2.40 bits per heavy atom. The summed E-state index contributed by atoms with van der Waals surface area (Å²) >= 11 is 0. The Labute approximate surface area is 189 Å². The molecule has 0 aromatic rings. The number of hydrogen-bond donors (Lipinski definition) is 0. The van der Waals surface area contributed by atoms with Crippen LogP contribution in [0.15, 0.2) is 5.57 Å². The predicted octanol–water partition coefficient (Wildman–Crippen LogP) is -4.06. The number of likely N-dealkylation sites (N-methyl/N-ethyl adjacent to an activating group) is 1. The summed E-state index contributed by atoms with van der Waals surface area (Å²) in [5, 5.41) is 10.5. The summed E-state index contributed by atoms with van der Waals surface area (Å²) in [4.78, 5) is 12.6. The first kappa shape index (κ1) is 23.4. The fraction of sp³-hybridized carbons (Fsp3) is 0.625. The topological polar surface area (TPSA) is 43.4 Å². The minimum absolute atomic E-state index is 0. The molecule has 1 radical (unpaired) electrons. The molecule has 1 saturated heterocycles. The van der Waals surface area contributed by atoms with Crippen molar-refractivity contribution in [3.05, 3.63) is 11.6 Å². The van der Waals surface area contributed by atoms with Crippen LogP contribution in [0.3, 0.4) is 0 Å². The number of carbonyl (C=O) groups excluding carboxylic acids is 1. The van der Waals surface area contributed by atoms with E-state index >= 15 is 0 Å². The van der Waals surface area contributed by atoms with Gasteiger partial charge >= 0.3 is 58.2 Å². The molecule has 3 nitrogen and oxygen atoms in total. The van der Waals surface area contributed by atoms with Gasteiger partial charge in [-0.25, -0.2) is 0 Å². The first-order valence-electron chi connectivity index (χ1n) is 3.74. The maximum absolute atomic E-state index is 10.5. The quantitative estimate of drug-likeness (QED) is 0.261. The van der Waals surface area contributed by atoms with Gasteiger partial charge in [0.05, 0.1) is 0 Å².